The molecule has 0 spiro atoms. The van der Waals surface area contributed by atoms with Crippen molar-refractivity contribution in [2.75, 3.05) is 0 Å². The molecule has 3 heterocycles. The monoisotopic (exact) mass is 483 g/mol. The fourth-order valence-electron chi connectivity index (χ4n) is 6.50. The van der Waals surface area contributed by atoms with Gasteiger partial charge in [-0.2, -0.15) is 0 Å². The van der Waals surface area contributed by atoms with E-state index in [1.165, 1.54) is 54.8 Å². The molecule has 0 atom stereocenters. The summed E-state index contributed by atoms with van der Waals surface area (Å²) < 4.78 is 2.42. The molecule has 3 aromatic heterocycles. The van der Waals surface area contributed by atoms with Crippen molar-refractivity contribution in [2.24, 2.45) is 0 Å². The van der Waals surface area contributed by atoms with E-state index in [4.69, 9.17) is 9.97 Å². The van der Waals surface area contributed by atoms with Crippen molar-refractivity contribution in [1.82, 2.24) is 14.4 Å². The van der Waals surface area contributed by atoms with Gasteiger partial charge in [-0.3, -0.25) is 0 Å². The number of benzene rings is 5. The van der Waals surface area contributed by atoms with Crippen LogP contribution in [0.2, 0.25) is 0 Å². The first-order chi connectivity index (χ1) is 18.8. The minimum Gasteiger partial charge on any atom is -0.308 e. The third-order valence-electron chi connectivity index (χ3n) is 8.18. The second kappa shape index (κ2) is 7.27. The molecule has 0 saturated heterocycles. The lowest BCUT2D eigenvalue weighted by molar-refractivity contribution is 1.13. The number of hydrogen-bond acceptors (Lipinski definition) is 2. The average Bonchev–Trinajstić information content (AvgIpc) is 3.64. The van der Waals surface area contributed by atoms with Crippen LogP contribution in [0.25, 0.3) is 72.0 Å². The standard InChI is InChI=1S/C35H21N3/c1-2-9-21(10-3-1)32-29-19-22-11-4-5-12-24(22)33(29)37-35(36-32)23-17-18-26-28-15-8-14-27-25-13-6-7-16-30(25)38(34(27)28)31(26)20-23/h1-18,20H,19H2. The highest BCUT2D eigenvalue weighted by Gasteiger charge is 2.26. The average molecular weight is 484 g/mol. The Balaban J connectivity index is 1.35. The van der Waals surface area contributed by atoms with Gasteiger partial charge in [0.1, 0.15) is 0 Å². The molecule has 0 radical (unpaired) electrons. The highest BCUT2D eigenvalue weighted by Crippen LogP contribution is 2.42. The van der Waals surface area contributed by atoms with Gasteiger partial charge in [-0.1, -0.05) is 103 Å². The van der Waals surface area contributed by atoms with Gasteiger partial charge in [-0.25, -0.2) is 9.97 Å². The van der Waals surface area contributed by atoms with E-state index in [1.807, 2.05) is 0 Å². The summed E-state index contributed by atoms with van der Waals surface area (Å²) in [5.74, 6) is 0.769. The Labute approximate surface area is 219 Å². The van der Waals surface area contributed by atoms with Crippen LogP contribution in [0, 0.1) is 0 Å². The van der Waals surface area contributed by atoms with Gasteiger partial charge in [0, 0.05) is 50.2 Å². The lowest BCUT2D eigenvalue weighted by Crippen LogP contribution is -1.99. The Kier molecular flexibility index (Phi) is 3.84. The first-order valence-electron chi connectivity index (χ1n) is 13.1. The summed E-state index contributed by atoms with van der Waals surface area (Å²) in [5, 5.41) is 5.13. The Morgan fingerprint density at radius 3 is 2.13 bits per heavy atom. The Hall–Kier alpha value is -5.02. The zero-order chi connectivity index (χ0) is 24.8. The van der Waals surface area contributed by atoms with Crippen LogP contribution in [0.15, 0.2) is 115 Å². The molecule has 1 aliphatic carbocycles. The molecule has 1 aliphatic rings. The zero-order valence-electron chi connectivity index (χ0n) is 20.5. The molecular formula is C35H21N3. The van der Waals surface area contributed by atoms with E-state index in [0.717, 1.165) is 34.8 Å². The lowest BCUT2D eigenvalue weighted by atomic mass is 10.0. The molecule has 5 aromatic carbocycles. The van der Waals surface area contributed by atoms with Crippen LogP contribution >= 0.6 is 0 Å². The maximum atomic E-state index is 5.22. The number of nitrogens with zero attached hydrogens (tertiary/aromatic N) is 3. The molecule has 0 N–H and O–H groups in total. The van der Waals surface area contributed by atoms with Gasteiger partial charge < -0.3 is 4.40 Å². The minimum absolute atomic E-state index is 0.769. The Morgan fingerprint density at radius 2 is 1.24 bits per heavy atom. The molecule has 3 heteroatoms. The van der Waals surface area contributed by atoms with E-state index < -0.39 is 0 Å². The third-order valence-corrected chi connectivity index (χ3v) is 8.18. The number of fused-ring (bicyclic) bond motifs is 9. The number of hydrogen-bond donors (Lipinski definition) is 0. The second-order valence-electron chi connectivity index (χ2n) is 10.2. The number of para-hydroxylation sites is 2. The summed E-state index contributed by atoms with van der Waals surface area (Å²) in [7, 11) is 0. The topological polar surface area (TPSA) is 30.2 Å². The van der Waals surface area contributed by atoms with Gasteiger partial charge in [0.25, 0.3) is 0 Å². The smallest absolute Gasteiger partial charge is 0.160 e. The van der Waals surface area contributed by atoms with E-state index in [1.54, 1.807) is 0 Å². The van der Waals surface area contributed by atoms with E-state index in [2.05, 4.69) is 120 Å². The van der Waals surface area contributed by atoms with Crippen LogP contribution in [0.5, 0.6) is 0 Å². The van der Waals surface area contributed by atoms with E-state index in [-0.39, 0.29) is 0 Å². The Bertz CT molecular complexity index is 2210. The molecule has 0 amide bonds. The fourth-order valence-corrected chi connectivity index (χ4v) is 6.50. The highest BCUT2D eigenvalue weighted by atomic mass is 14.9. The van der Waals surface area contributed by atoms with Crippen LogP contribution in [0.3, 0.4) is 0 Å². The zero-order valence-corrected chi connectivity index (χ0v) is 20.5. The summed E-state index contributed by atoms with van der Waals surface area (Å²) in [6.45, 7) is 0. The first kappa shape index (κ1) is 20.1. The van der Waals surface area contributed by atoms with Gasteiger partial charge in [0.05, 0.1) is 27.9 Å². The summed E-state index contributed by atoms with van der Waals surface area (Å²) in [6.07, 6.45) is 0.864. The van der Waals surface area contributed by atoms with Crippen molar-refractivity contribution in [3.63, 3.8) is 0 Å². The summed E-state index contributed by atoms with van der Waals surface area (Å²) in [5.41, 5.74) is 11.7. The SMILES string of the molecule is c1ccc(-c2nc(-c3ccc4c5cccc6c7ccccc7n(c4c3)c65)nc3c2Cc2ccccc2-3)cc1. The minimum atomic E-state index is 0.769. The second-order valence-corrected chi connectivity index (χ2v) is 10.2. The van der Waals surface area contributed by atoms with E-state index >= 15 is 0 Å². The molecule has 176 valence electrons. The van der Waals surface area contributed by atoms with Crippen molar-refractivity contribution in [3.05, 3.63) is 126 Å². The molecule has 9 rings (SSSR count). The predicted octanol–water partition coefficient (Wildman–Crippen LogP) is 8.53. The molecule has 0 bridgehead atoms. The molecule has 3 nitrogen and oxygen atoms in total. The molecule has 0 saturated carbocycles. The van der Waals surface area contributed by atoms with E-state index in [0.29, 0.717) is 0 Å². The van der Waals surface area contributed by atoms with Crippen LogP contribution in [0.4, 0.5) is 0 Å². The van der Waals surface area contributed by atoms with Crippen molar-refractivity contribution < 1.29 is 0 Å². The van der Waals surface area contributed by atoms with Gasteiger partial charge >= 0.3 is 0 Å². The summed E-state index contributed by atoms with van der Waals surface area (Å²) >= 11 is 0. The predicted molar refractivity (Wildman–Crippen MR) is 156 cm³/mol. The summed E-state index contributed by atoms with van der Waals surface area (Å²) in [6, 6.07) is 41.2. The lowest BCUT2D eigenvalue weighted by Gasteiger charge is -2.11. The van der Waals surface area contributed by atoms with Crippen molar-refractivity contribution in [1.29, 1.82) is 0 Å². The number of rotatable bonds is 2. The van der Waals surface area contributed by atoms with E-state index in [9.17, 15) is 0 Å². The largest absolute Gasteiger partial charge is 0.308 e. The van der Waals surface area contributed by atoms with Crippen LogP contribution < -0.4 is 0 Å². The Morgan fingerprint density at radius 1 is 0.526 bits per heavy atom. The van der Waals surface area contributed by atoms with Gasteiger partial charge in [-0.15, -0.1) is 0 Å². The highest BCUT2D eigenvalue weighted by molar-refractivity contribution is 6.23. The number of aromatic nitrogens is 3. The molecular weight excluding hydrogens is 462 g/mol. The van der Waals surface area contributed by atoms with Crippen molar-refractivity contribution in [3.8, 4) is 33.9 Å². The van der Waals surface area contributed by atoms with Gasteiger partial charge in [0.15, 0.2) is 5.82 Å². The first-order valence-corrected chi connectivity index (χ1v) is 13.1. The van der Waals surface area contributed by atoms with Gasteiger partial charge in [0.2, 0.25) is 0 Å². The molecule has 8 aromatic rings. The van der Waals surface area contributed by atoms with Crippen LogP contribution in [0.1, 0.15) is 11.1 Å². The maximum Gasteiger partial charge on any atom is 0.160 e. The van der Waals surface area contributed by atoms with Gasteiger partial charge in [-0.05, 0) is 17.7 Å². The van der Waals surface area contributed by atoms with Crippen molar-refractivity contribution >= 4 is 38.1 Å². The third kappa shape index (κ3) is 2.58. The molecule has 38 heavy (non-hydrogen) atoms. The van der Waals surface area contributed by atoms with Crippen LogP contribution in [-0.2, 0) is 6.42 Å². The quantitative estimate of drug-likeness (QED) is 0.247. The maximum absolute atomic E-state index is 5.22. The summed E-state index contributed by atoms with van der Waals surface area (Å²) in [4.78, 5) is 10.4. The fraction of sp³-hybridized carbons (Fsp3) is 0.0286. The molecule has 0 unspecified atom stereocenters. The van der Waals surface area contributed by atoms with Crippen LogP contribution in [-0.4, -0.2) is 14.4 Å². The normalized spacial score (nSPS) is 12.6. The molecule has 0 aliphatic heterocycles. The van der Waals surface area contributed by atoms with Crippen molar-refractivity contribution in [2.45, 2.75) is 6.42 Å². The molecule has 0 fully saturated rings.